The summed E-state index contributed by atoms with van der Waals surface area (Å²) in [5.74, 6) is 0. The lowest BCUT2D eigenvalue weighted by atomic mass is 10.00. The molecule has 1 aromatic carbocycles. The van der Waals surface area contributed by atoms with Gasteiger partial charge in [-0.05, 0) is 45.2 Å². The molecule has 1 N–H and O–H groups in total. The molecule has 0 bridgehead atoms. The van der Waals surface area contributed by atoms with Gasteiger partial charge in [0.2, 0.25) is 0 Å². The highest BCUT2D eigenvalue weighted by Gasteiger charge is 2.26. The molecule has 0 spiro atoms. The summed E-state index contributed by atoms with van der Waals surface area (Å²) in [5.41, 5.74) is 4.87. The fourth-order valence-corrected chi connectivity index (χ4v) is 2.67. The van der Waals surface area contributed by atoms with Gasteiger partial charge >= 0.3 is 0 Å². The van der Waals surface area contributed by atoms with Crippen molar-refractivity contribution in [3.05, 3.63) is 33.9 Å². The van der Waals surface area contributed by atoms with Crippen molar-refractivity contribution in [2.45, 2.75) is 52.1 Å². The van der Waals surface area contributed by atoms with E-state index in [1.54, 1.807) is 12.1 Å². The first-order valence-corrected chi connectivity index (χ1v) is 6.79. The number of hydrogen-bond acceptors (Lipinski definition) is 4. The maximum atomic E-state index is 11.1. The summed E-state index contributed by atoms with van der Waals surface area (Å²) < 4.78 is 0. The monoisotopic (exact) mass is 263 g/mol. The van der Waals surface area contributed by atoms with Crippen LogP contribution in [0.25, 0.3) is 0 Å². The Balaban J connectivity index is 2.24. The van der Waals surface area contributed by atoms with Crippen LogP contribution in [0, 0.1) is 17.0 Å². The van der Waals surface area contributed by atoms with Gasteiger partial charge in [0.1, 0.15) is 5.69 Å². The summed E-state index contributed by atoms with van der Waals surface area (Å²) in [7, 11) is 0. The van der Waals surface area contributed by atoms with Crippen molar-refractivity contribution < 1.29 is 4.92 Å². The minimum Gasteiger partial charge on any atom is -0.312 e. The van der Waals surface area contributed by atoms with Crippen molar-refractivity contribution in [2.24, 2.45) is 0 Å². The Morgan fingerprint density at radius 2 is 1.95 bits per heavy atom. The normalized spacial score (nSPS) is 24.2. The van der Waals surface area contributed by atoms with Gasteiger partial charge in [0.15, 0.2) is 0 Å². The van der Waals surface area contributed by atoms with Crippen molar-refractivity contribution in [2.75, 3.05) is 5.43 Å². The topological polar surface area (TPSA) is 58.4 Å². The summed E-state index contributed by atoms with van der Waals surface area (Å²) in [6.45, 7) is 6.17. The van der Waals surface area contributed by atoms with Crippen LogP contribution >= 0.6 is 0 Å². The summed E-state index contributed by atoms with van der Waals surface area (Å²) in [4.78, 5) is 10.8. The average Bonchev–Trinajstić information content (AvgIpc) is 2.35. The highest BCUT2D eigenvalue weighted by Crippen LogP contribution is 2.29. The van der Waals surface area contributed by atoms with Gasteiger partial charge in [-0.3, -0.25) is 10.1 Å². The molecule has 2 atom stereocenters. The Hall–Kier alpha value is -1.62. The number of hydrazine groups is 1. The van der Waals surface area contributed by atoms with E-state index in [1.165, 1.54) is 6.42 Å². The van der Waals surface area contributed by atoms with Crippen molar-refractivity contribution in [1.82, 2.24) is 5.01 Å². The number of nitro benzene ring substituents is 1. The zero-order valence-electron chi connectivity index (χ0n) is 11.7. The number of piperidine rings is 1. The van der Waals surface area contributed by atoms with Crippen LogP contribution in [0.15, 0.2) is 18.2 Å². The van der Waals surface area contributed by atoms with E-state index < -0.39 is 0 Å². The molecule has 2 rings (SSSR count). The maximum Gasteiger partial charge on any atom is 0.293 e. The molecule has 0 amide bonds. The van der Waals surface area contributed by atoms with E-state index in [0.717, 1.165) is 18.4 Å². The number of nitro groups is 1. The Labute approximate surface area is 113 Å². The number of benzene rings is 1. The SMILES string of the molecule is Cc1ccc(NN2C(C)CCCC2C)c([N+](=O)[O-])c1. The average molecular weight is 263 g/mol. The van der Waals surface area contributed by atoms with Gasteiger partial charge in [-0.2, -0.15) is 0 Å². The number of anilines is 1. The first kappa shape index (κ1) is 13.8. The second kappa shape index (κ2) is 5.57. The van der Waals surface area contributed by atoms with Gasteiger partial charge in [0.25, 0.3) is 5.69 Å². The van der Waals surface area contributed by atoms with Crippen LogP contribution in [0.2, 0.25) is 0 Å². The maximum absolute atomic E-state index is 11.1. The van der Waals surface area contributed by atoms with Crippen LogP contribution in [0.5, 0.6) is 0 Å². The summed E-state index contributed by atoms with van der Waals surface area (Å²) in [6.07, 6.45) is 3.46. The number of nitrogens with zero attached hydrogens (tertiary/aromatic N) is 2. The third kappa shape index (κ3) is 3.04. The zero-order chi connectivity index (χ0) is 14.0. The lowest BCUT2D eigenvalue weighted by Gasteiger charge is -2.39. The molecule has 1 saturated heterocycles. The second-order valence-electron chi connectivity index (χ2n) is 5.43. The van der Waals surface area contributed by atoms with Crippen LogP contribution in [-0.2, 0) is 0 Å². The zero-order valence-corrected chi connectivity index (χ0v) is 11.7. The van der Waals surface area contributed by atoms with E-state index in [1.807, 2.05) is 13.0 Å². The predicted octanol–water partition coefficient (Wildman–Crippen LogP) is 3.49. The number of hydrogen-bond donors (Lipinski definition) is 1. The summed E-state index contributed by atoms with van der Waals surface area (Å²) in [6, 6.07) is 6.09. The second-order valence-corrected chi connectivity index (χ2v) is 5.43. The minimum atomic E-state index is -0.325. The molecule has 0 aromatic heterocycles. The Morgan fingerprint density at radius 1 is 1.32 bits per heavy atom. The highest BCUT2D eigenvalue weighted by atomic mass is 16.6. The molecule has 1 aromatic rings. The van der Waals surface area contributed by atoms with Crippen molar-refractivity contribution in [3.63, 3.8) is 0 Å². The summed E-state index contributed by atoms with van der Waals surface area (Å²) in [5, 5.41) is 13.3. The standard InChI is InChI=1S/C14H21N3O2/c1-10-7-8-13(14(9-10)17(18)19)15-16-11(2)5-4-6-12(16)3/h7-9,11-12,15H,4-6H2,1-3H3. The van der Waals surface area contributed by atoms with E-state index in [2.05, 4.69) is 24.3 Å². The quantitative estimate of drug-likeness (QED) is 0.670. The molecule has 1 aliphatic rings. The van der Waals surface area contributed by atoms with E-state index >= 15 is 0 Å². The molecule has 1 fully saturated rings. The molecule has 104 valence electrons. The molecule has 19 heavy (non-hydrogen) atoms. The van der Waals surface area contributed by atoms with Crippen molar-refractivity contribution >= 4 is 11.4 Å². The fourth-order valence-electron chi connectivity index (χ4n) is 2.67. The van der Waals surface area contributed by atoms with Gasteiger partial charge in [0.05, 0.1) is 4.92 Å². The van der Waals surface area contributed by atoms with Gasteiger partial charge in [0, 0.05) is 18.2 Å². The largest absolute Gasteiger partial charge is 0.312 e. The van der Waals surface area contributed by atoms with E-state index in [-0.39, 0.29) is 10.6 Å². The molecular weight excluding hydrogens is 242 g/mol. The van der Waals surface area contributed by atoms with Crippen LogP contribution in [0.1, 0.15) is 38.7 Å². The van der Waals surface area contributed by atoms with Crippen LogP contribution in [-0.4, -0.2) is 22.0 Å². The molecule has 1 heterocycles. The molecule has 5 heteroatoms. The van der Waals surface area contributed by atoms with Crippen molar-refractivity contribution in [3.8, 4) is 0 Å². The molecular formula is C14H21N3O2. The third-order valence-electron chi connectivity index (χ3n) is 3.79. The van der Waals surface area contributed by atoms with Gasteiger partial charge < -0.3 is 5.43 Å². The van der Waals surface area contributed by atoms with Gasteiger partial charge in [-0.25, -0.2) is 5.01 Å². The minimum absolute atomic E-state index is 0.143. The molecule has 1 aliphatic heterocycles. The Morgan fingerprint density at radius 3 is 2.53 bits per heavy atom. The van der Waals surface area contributed by atoms with Crippen LogP contribution in [0.4, 0.5) is 11.4 Å². The molecule has 5 nitrogen and oxygen atoms in total. The lowest BCUT2D eigenvalue weighted by molar-refractivity contribution is -0.384. The van der Waals surface area contributed by atoms with E-state index in [9.17, 15) is 10.1 Å². The Kier molecular flexibility index (Phi) is 4.04. The molecule has 0 radical (unpaired) electrons. The number of nitrogens with one attached hydrogen (secondary N) is 1. The number of rotatable bonds is 3. The Bertz CT molecular complexity index is 466. The van der Waals surface area contributed by atoms with Crippen LogP contribution in [0.3, 0.4) is 0 Å². The van der Waals surface area contributed by atoms with Crippen molar-refractivity contribution in [1.29, 1.82) is 0 Å². The predicted molar refractivity (Wildman–Crippen MR) is 76.1 cm³/mol. The first-order valence-electron chi connectivity index (χ1n) is 6.79. The van der Waals surface area contributed by atoms with Crippen LogP contribution < -0.4 is 5.43 Å². The van der Waals surface area contributed by atoms with Gasteiger partial charge in [-0.15, -0.1) is 0 Å². The van der Waals surface area contributed by atoms with E-state index in [4.69, 9.17) is 0 Å². The van der Waals surface area contributed by atoms with Gasteiger partial charge in [-0.1, -0.05) is 12.5 Å². The molecule has 0 aliphatic carbocycles. The molecule has 2 unspecified atom stereocenters. The summed E-state index contributed by atoms with van der Waals surface area (Å²) >= 11 is 0. The lowest BCUT2D eigenvalue weighted by Crippen LogP contribution is -2.47. The smallest absolute Gasteiger partial charge is 0.293 e. The highest BCUT2D eigenvalue weighted by molar-refractivity contribution is 5.62. The fraction of sp³-hybridized carbons (Fsp3) is 0.571. The third-order valence-corrected chi connectivity index (χ3v) is 3.79. The number of aryl methyl sites for hydroxylation is 1. The first-order chi connectivity index (χ1) is 8.99. The molecule has 0 saturated carbocycles. The van der Waals surface area contributed by atoms with E-state index in [0.29, 0.717) is 17.8 Å².